The van der Waals surface area contributed by atoms with E-state index in [0.29, 0.717) is 18.2 Å². The van der Waals surface area contributed by atoms with E-state index in [1.807, 2.05) is 18.5 Å². The molecule has 0 N–H and O–H groups in total. The van der Waals surface area contributed by atoms with Gasteiger partial charge in [-0.15, -0.1) is 10.2 Å². The normalized spacial score (nSPS) is 12.7. The summed E-state index contributed by atoms with van der Waals surface area (Å²) in [6.07, 6.45) is 0.652. The van der Waals surface area contributed by atoms with E-state index in [1.165, 1.54) is 17.3 Å². The summed E-state index contributed by atoms with van der Waals surface area (Å²) in [6.45, 7) is 6.17. The summed E-state index contributed by atoms with van der Waals surface area (Å²) in [7, 11) is 1.96. The van der Waals surface area contributed by atoms with Gasteiger partial charge in [0.15, 0.2) is 5.65 Å². The van der Waals surface area contributed by atoms with Crippen molar-refractivity contribution in [2.75, 3.05) is 6.61 Å². The molecule has 0 radical (unpaired) electrons. The van der Waals surface area contributed by atoms with Crippen molar-refractivity contribution in [3.63, 3.8) is 0 Å². The van der Waals surface area contributed by atoms with Gasteiger partial charge >= 0.3 is 5.97 Å². The number of hydrogen-bond acceptors (Lipinski definition) is 6. The number of thioether (sulfide) groups is 1. The highest BCUT2D eigenvalue weighted by atomic mass is 32.2. The molecule has 6 nitrogen and oxygen atoms in total. The van der Waals surface area contributed by atoms with Crippen molar-refractivity contribution in [3.8, 4) is 0 Å². The zero-order chi connectivity index (χ0) is 17.3. The van der Waals surface area contributed by atoms with E-state index in [9.17, 15) is 4.79 Å². The zero-order valence-corrected chi connectivity index (χ0v) is 15.1. The third kappa shape index (κ3) is 2.96. The molecular weight excluding hydrogens is 324 g/mol. The number of esters is 1. The first-order chi connectivity index (χ1) is 11.5. The van der Waals surface area contributed by atoms with E-state index in [1.54, 1.807) is 6.92 Å². The maximum absolute atomic E-state index is 12.0. The summed E-state index contributed by atoms with van der Waals surface area (Å²) in [6, 6.07) is 6.22. The van der Waals surface area contributed by atoms with Crippen LogP contribution in [0.5, 0.6) is 0 Å². The van der Waals surface area contributed by atoms with Crippen LogP contribution >= 0.6 is 11.8 Å². The Morgan fingerprint density at radius 2 is 2.12 bits per heavy atom. The van der Waals surface area contributed by atoms with Gasteiger partial charge in [-0.1, -0.05) is 30.3 Å². The van der Waals surface area contributed by atoms with Crippen LogP contribution in [0.15, 0.2) is 23.4 Å². The second kappa shape index (κ2) is 6.76. The van der Waals surface area contributed by atoms with Crippen molar-refractivity contribution in [3.05, 3.63) is 23.8 Å². The van der Waals surface area contributed by atoms with Crippen LogP contribution in [0.2, 0.25) is 0 Å². The number of carbonyl (C=O) groups is 1. The number of aryl methyl sites for hydroxylation is 2. The standard InChI is InChI=1S/C17H20N4O2S/c1-5-13(16(22)23-6-2)24-17-18-15-14(19-20-17)11-9-10(3)7-8-12(11)21(15)4/h7-9,13H,5-6H2,1-4H3/t13-/m0/s1. The summed E-state index contributed by atoms with van der Waals surface area (Å²) in [5, 5.41) is 9.78. The smallest absolute Gasteiger partial charge is 0.319 e. The van der Waals surface area contributed by atoms with Crippen LogP contribution in [-0.2, 0) is 16.6 Å². The van der Waals surface area contributed by atoms with Gasteiger partial charge in [-0.05, 0) is 32.4 Å². The highest BCUT2D eigenvalue weighted by Gasteiger charge is 2.22. The van der Waals surface area contributed by atoms with Gasteiger partial charge < -0.3 is 9.30 Å². The molecule has 24 heavy (non-hydrogen) atoms. The fraction of sp³-hybridized carbons (Fsp3) is 0.412. The van der Waals surface area contributed by atoms with Crippen molar-refractivity contribution < 1.29 is 9.53 Å². The van der Waals surface area contributed by atoms with E-state index in [2.05, 4.69) is 40.3 Å². The van der Waals surface area contributed by atoms with Crippen LogP contribution in [0.25, 0.3) is 22.1 Å². The predicted molar refractivity (Wildman–Crippen MR) is 95.1 cm³/mol. The minimum absolute atomic E-state index is 0.235. The average molecular weight is 344 g/mol. The molecule has 2 heterocycles. The summed E-state index contributed by atoms with van der Waals surface area (Å²) in [5.41, 5.74) is 3.79. The molecule has 1 atom stereocenters. The molecule has 0 aliphatic heterocycles. The Morgan fingerprint density at radius 1 is 1.33 bits per heavy atom. The number of ether oxygens (including phenoxy) is 1. The number of aromatic nitrogens is 4. The Balaban J connectivity index is 2.01. The molecule has 0 spiro atoms. The molecule has 126 valence electrons. The third-order valence-corrected chi connectivity index (χ3v) is 5.10. The number of fused-ring (bicyclic) bond motifs is 3. The first-order valence-electron chi connectivity index (χ1n) is 7.97. The van der Waals surface area contributed by atoms with Gasteiger partial charge in [-0.3, -0.25) is 4.79 Å². The number of nitrogens with zero attached hydrogens (tertiary/aromatic N) is 4. The first kappa shape index (κ1) is 16.7. The monoisotopic (exact) mass is 344 g/mol. The van der Waals surface area contributed by atoms with Crippen molar-refractivity contribution in [2.24, 2.45) is 7.05 Å². The van der Waals surface area contributed by atoms with E-state index in [-0.39, 0.29) is 11.2 Å². The minimum Gasteiger partial charge on any atom is -0.465 e. The molecule has 3 aromatic rings. The van der Waals surface area contributed by atoms with Gasteiger partial charge in [0.2, 0.25) is 5.16 Å². The van der Waals surface area contributed by atoms with Crippen LogP contribution in [0.1, 0.15) is 25.8 Å². The van der Waals surface area contributed by atoms with Crippen LogP contribution in [0, 0.1) is 6.92 Å². The second-order valence-electron chi connectivity index (χ2n) is 5.61. The van der Waals surface area contributed by atoms with Gasteiger partial charge in [0.25, 0.3) is 0 Å². The fourth-order valence-electron chi connectivity index (χ4n) is 2.67. The van der Waals surface area contributed by atoms with Crippen molar-refractivity contribution >= 4 is 39.8 Å². The minimum atomic E-state index is -0.318. The number of rotatable bonds is 5. The average Bonchev–Trinajstić information content (AvgIpc) is 2.84. The molecule has 1 aromatic carbocycles. The first-order valence-corrected chi connectivity index (χ1v) is 8.85. The lowest BCUT2D eigenvalue weighted by atomic mass is 10.2. The van der Waals surface area contributed by atoms with Crippen LogP contribution in [-0.4, -0.2) is 37.6 Å². The Morgan fingerprint density at radius 3 is 2.83 bits per heavy atom. The van der Waals surface area contributed by atoms with Gasteiger partial charge in [0.05, 0.1) is 12.1 Å². The van der Waals surface area contributed by atoms with Crippen molar-refractivity contribution in [1.29, 1.82) is 0 Å². The van der Waals surface area contributed by atoms with Gasteiger partial charge in [0, 0.05) is 12.4 Å². The maximum Gasteiger partial charge on any atom is 0.319 e. The summed E-state index contributed by atoms with van der Waals surface area (Å²) in [5.74, 6) is -0.235. The largest absolute Gasteiger partial charge is 0.465 e. The summed E-state index contributed by atoms with van der Waals surface area (Å²) < 4.78 is 7.11. The molecule has 3 rings (SSSR count). The molecule has 0 aliphatic rings. The van der Waals surface area contributed by atoms with Gasteiger partial charge in [-0.25, -0.2) is 4.98 Å². The predicted octanol–water partition coefficient (Wildman–Crippen LogP) is 3.26. The molecule has 0 aliphatic carbocycles. The highest BCUT2D eigenvalue weighted by Crippen LogP contribution is 2.28. The van der Waals surface area contributed by atoms with E-state index < -0.39 is 0 Å². The van der Waals surface area contributed by atoms with Crippen LogP contribution < -0.4 is 0 Å². The summed E-state index contributed by atoms with van der Waals surface area (Å²) >= 11 is 1.30. The molecule has 0 saturated heterocycles. The molecule has 7 heteroatoms. The van der Waals surface area contributed by atoms with Crippen LogP contribution in [0.3, 0.4) is 0 Å². The number of carbonyl (C=O) groups excluding carboxylic acids is 1. The third-order valence-electron chi connectivity index (χ3n) is 3.90. The molecule has 0 fully saturated rings. The van der Waals surface area contributed by atoms with Crippen molar-refractivity contribution in [2.45, 2.75) is 37.6 Å². The molecule has 2 aromatic heterocycles. The SMILES string of the molecule is CCOC(=O)[C@H](CC)Sc1nnc2c3cc(C)ccc3n(C)c2n1. The zero-order valence-electron chi connectivity index (χ0n) is 14.2. The van der Waals surface area contributed by atoms with Crippen molar-refractivity contribution in [1.82, 2.24) is 19.7 Å². The lowest BCUT2D eigenvalue weighted by Crippen LogP contribution is -2.19. The quantitative estimate of drug-likeness (QED) is 0.523. The second-order valence-corrected chi connectivity index (χ2v) is 6.78. The number of hydrogen-bond donors (Lipinski definition) is 0. The lowest BCUT2D eigenvalue weighted by molar-refractivity contribution is -0.142. The highest BCUT2D eigenvalue weighted by molar-refractivity contribution is 8.00. The Bertz CT molecular complexity index is 906. The Labute approximate surface area is 144 Å². The number of benzene rings is 1. The molecule has 0 unspecified atom stereocenters. The molecule has 0 bridgehead atoms. The Hall–Kier alpha value is -2.15. The molecular formula is C17H20N4O2S. The fourth-order valence-corrected chi connectivity index (χ4v) is 3.48. The van der Waals surface area contributed by atoms with Gasteiger partial charge in [0.1, 0.15) is 10.8 Å². The maximum atomic E-state index is 12.0. The molecule has 0 saturated carbocycles. The topological polar surface area (TPSA) is 69.9 Å². The molecule has 0 amide bonds. The lowest BCUT2D eigenvalue weighted by Gasteiger charge is -2.11. The summed E-state index contributed by atoms with van der Waals surface area (Å²) in [4.78, 5) is 16.6. The van der Waals surface area contributed by atoms with Gasteiger partial charge in [-0.2, -0.15) is 0 Å². The van der Waals surface area contributed by atoms with E-state index in [4.69, 9.17) is 4.74 Å². The Kier molecular flexibility index (Phi) is 4.71. The van der Waals surface area contributed by atoms with E-state index in [0.717, 1.165) is 22.1 Å². The van der Waals surface area contributed by atoms with E-state index >= 15 is 0 Å². The van der Waals surface area contributed by atoms with Crippen LogP contribution in [0.4, 0.5) is 0 Å².